The molecule has 2 unspecified atom stereocenters. The highest BCUT2D eigenvalue weighted by atomic mass is 16.5. The fourth-order valence-corrected chi connectivity index (χ4v) is 1.35. The summed E-state index contributed by atoms with van der Waals surface area (Å²) in [5, 5.41) is 20.8. The maximum Gasteiger partial charge on any atom is 0.0895 e. The Bertz CT molecular complexity index is 131. The van der Waals surface area contributed by atoms with Gasteiger partial charge in [0.25, 0.3) is 0 Å². The summed E-state index contributed by atoms with van der Waals surface area (Å²) in [5.74, 6) is 0. The van der Waals surface area contributed by atoms with Gasteiger partial charge < -0.3 is 20.3 Å². The first kappa shape index (κ1) is 9.92. The van der Waals surface area contributed by atoms with Crippen molar-refractivity contribution in [3.05, 3.63) is 0 Å². The van der Waals surface area contributed by atoms with Gasteiger partial charge in [0.1, 0.15) is 0 Å². The van der Waals surface area contributed by atoms with E-state index in [4.69, 9.17) is 14.9 Å². The number of ether oxygens (including phenoxy) is 1. The van der Waals surface area contributed by atoms with Crippen LogP contribution in [-0.4, -0.2) is 48.2 Å². The summed E-state index contributed by atoms with van der Waals surface area (Å²) < 4.78 is 5.32. The molecule has 0 saturated carbocycles. The van der Waals surface area contributed by atoms with Crippen molar-refractivity contribution in [3.8, 4) is 0 Å². The molecule has 0 aliphatic carbocycles. The number of aliphatic hydroxyl groups is 2. The first-order chi connectivity index (χ1) is 5.74. The quantitative estimate of drug-likeness (QED) is 0.518. The molecule has 1 aliphatic heterocycles. The van der Waals surface area contributed by atoms with E-state index in [-0.39, 0.29) is 12.7 Å². The molecule has 1 saturated heterocycles. The second-order valence-corrected chi connectivity index (χ2v) is 3.22. The van der Waals surface area contributed by atoms with Crippen molar-refractivity contribution in [1.29, 1.82) is 0 Å². The maximum atomic E-state index is 9.05. The minimum absolute atomic E-state index is 0.186. The number of aliphatic hydroxyl groups excluding tert-OH is 2. The van der Waals surface area contributed by atoms with E-state index in [9.17, 15) is 0 Å². The molecule has 1 fully saturated rings. The van der Waals surface area contributed by atoms with Crippen LogP contribution in [-0.2, 0) is 4.74 Å². The molecule has 0 aromatic carbocycles. The molecule has 1 heterocycles. The van der Waals surface area contributed by atoms with Crippen molar-refractivity contribution in [3.63, 3.8) is 0 Å². The van der Waals surface area contributed by atoms with Crippen molar-refractivity contribution in [2.24, 2.45) is 0 Å². The normalized spacial score (nSPS) is 32.2. The molecule has 3 N–H and O–H groups in total. The lowest BCUT2D eigenvalue weighted by molar-refractivity contribution is 0.0821. The SMILES string of the molecule is CC1OCCC1NC[C@H](O)CO. The zero-order valence-electron chi connectivity index (χ0n) is 7.36. The molecule has 3 atom stereocenters. The van der Waals surface area contributed by atoms with Crippen LogP contribution in [0.2, 0.25) is 0 Å². The largest absolute Gasteiger partial charge is 0.394 e. The van der Waals surface area contributed by atoms with Crippen molar-refractivity contribution >= 4 is 0 Å². The Morgan fingerprint density at radius 2 is 2.42 bits per heavy atom. The average molecular weight is 175 g/mol. The highest BCUT2D eigenvalue weighted by Crippen LogP contribution is 2.11. The number of hydrogen-bond acceptors (Lipinski definition) is 4. The molecule has 1 aliphatic rings. The summed E-state index contributed by atoms with van der Waals surface area (Å²) in [6, 6.07) is 0.325. The first-order valence-corrected chi connectivity index (χ1v) is 4.38. The minimum Gasteiger partial charge on any atom is -0.394 e. The second kappa shape index (κ2) is 4.77. The van der Waals surface area contributed by atoms with Crippen LogP contribution in [0, 0.1) is 0 Å². The molecular formula is C8H17NO3. The van der Waals surface area contributed by atoms with Gasteiger partial charge in [-0.1, -0.05) is 0 Å². The van der Waals surface area contributed by atoms with Crippen molar-refractivity contribution in [2.75, 3.05) is 19.8 Å². The Kier molecular flexibility index (Phi) is 3.94. The van der Waals surface area contributed by atoms with Gasteiger partial charge in [-0.25, -0.2) is 0 Å². The fraction of sp³-hybridized carbons (Fsp3) is 1.00. The summed E-state index contributed by atoms with van der Waals surface area (Å²) in [4.78, 5) is 0. The zero-order chi connectivity index (χ0) is 8.97. The summed E-state index contributed by atoms with van der Waals surface area (Å²) in [5.41, 5.74) is 0. The molecular weight excluding hydrogens is 158 g/mol. The Morgan fingerprint density at radius 1 is 1.67 bits per heavy atom. The van der Waals surface area contributed by atoms with E-state index in [1.165, 1.54) is 0 Å². The van der Waals surface area contributed by atoms with Gasteiger partial charge in [-0.15, -0.1) is 0 Å². The Hall–Kier alpha value is -0.160. The van der Waals surface area contributed by atoms with Gasteiger partial charge in [0, 0.05) is 19.2 Å². The van der Waals surface area contributed by atoms with Gasteiger partial charge in [-0.2, -0.15) is 0 Å². The van der Waals surface area contributed by atoms with Gasteiger partial charge >= 0.3 is 0 Å². The molecule has 4 nitrogen and oxygen atoms in total. The Morgan fingerprint density at radius 3 is 2.92 bits per heavy atom. The van der Waals surface area contributed by atoms with Crippen molar-refractivity contribution < 1.29 is 14.9 Å². The summed E-state index contributed by atoms with van der Waals surface area (Å²) in [6.07, 6.45) is 0.549. The lowest BCUT2D eigenvalue weighted by Gasteiger charge is -2.17. The van der Waals surface area contributed by atoms with E-state index >= 15 is 0 Å². The maximum absolute atomic E-state index is 9.05. The van der Waals surface area contributed by atoms with Crippen molar-refractivity contribution in [2.45, 2.75) is 31.6 Å². The van der Waals surface area contributed by atoms with Crippen LogP contribution in [0.25, 0.3) is 0 Å². The molecule has 12 heavy (non-hydrogen) atoms. The summed E-state index contributed by atoms with van der Waals surface area (Å²) in [7, 11) is 0. The topological polar surface area (TPSA) is 61.7 Å². The van der Waals surface area contributed by atoms with Gasteiger partial charge in [0.2, 0.25) is 0 Å². The number of nitrogens with one attached hydrogen (secondary N) is 1. The average Bonchev–Trinajstić information content (AvgIpc) is 2.47. The zero-order valence-corrected chi connectivity index (χ0v) is 7.36. The molecule has 0 aromatic heterocycles. The van der Waals surface area contributed by atoms with E-state index in [1.807, 2.05) is 6.92 Å². The molecule has 0 spiro atoms. The summed E-state index contributed by atoms with van der Waals surface area (Å²) >= 11 is 0. The Labute approximate surface area is 72.5 Å². The van der Waals surface area contributed by atoms with Crippen LogP contribution in [0.3, 0.4) is 0 Å². The number of rotatable bonds is 4. The van der Waals surface area contributed by atoms with E-state index in [0.717, 1.165) is 13.0 Å². The van der Waals surface area contributed by atoms with E-state index in [2.05, 4.69) is 5.32 Å². The van der Waals surface area contributed by atoms with Crippen LogP contribution < -0.4 is 5.32 Å². The molecule has 4 heteroatoms. The summed E-state index contributed by atoms with van der Waals surface area (Å²) in [6.45, 7) is 3.05. The van der Waals surface area contributed by atoms with Crippen molar-refractivity contribution in [1.82, 2.24) is 5.32 Å². The van der Waals surface area contributed by atoms with Crippen LogP contribution >= 0.6 is 0 Å². The molecule has 1 rings (SSSR count). The van der Waals surface area contributed by atoms with E-state index in [1.54, 1.807) is 0 Å². The molecule has 0 aromatic rings. The fourth-order valence-electron chi connectivity index (χ4n) is 1.35. The third kappa shape index (κ3) is 2.71. The lowest BCUT2D eigenvalue weighted by Crippen LogP contribution is -2.40. The van der Waals surface area contributed by atoms with Crippen LogP contribution in [0.1, 0.15) is 13.3 Å². The highest BCUT2D eigenvalue weighted by Gasteiger charge is 2.23. The van der Waals surface area contributed by atoms with E-state index in [0.29, 0.717) is 12.6 Å². The lowest BCUT2D eigenvalue weighted by atomic mass is 10.1. The minimum atomic E-state index is -0.655. The predicted molar refractivity (Wildman–Crippen MR) is 44.9 cm³/mol. The van der Waals surface area contributed by atoms with Crippen LogP contribution in [0.4, 0.5) is 0 Å². The van der Waals surface area contributed by atoms with Gasteiger partial charge in [-0.3, -0.25) is 0 Å². The van der Waals surface area contributed by atoms with Crippen LogP contribution in [0.5, 0.6) is 0 Å². The van der Waals surface area contributed by atoms with Gasteiger partial charge in [0.15, 0.2) is 0 Å². The highest BCUT2D eigenvalue weighted by molar-refractivity contribution is 4.79. The molecule has 0 bridgehead atoms. The predicted octanol–water partition coefficient (Wildman–Crippen LogP) is -0.893. The van der Waals surface area contributed by atoms with E-state index < -0.39 is 6.10 Å². The van der Waals surface area contributed by atoms with Gasteiger partial charge in [-0.05, 0) is 13.3 Å². The van der Waals surface area contributed by atoms with Gasteiger partial charge in [0.05, 0.1) is 18.8 Å². The monoisotopic (exact) mass is 175 g/mol. The third-order valence-electron chi connectivity index (χ3n) is 2.20. The smallest absolute Gasteiger partial charge is 0.0895 e. The third-order valence-corrected chi connectivity index (χ3v) is 2.20. The number of hydrogen-bond donors (Lipinski definition) is 3. The molecule has 0 radical (unpaired) electrons. The standard InChI is InChI=1S/C8H17NO3/c1-6-8(2-3-12-6)9-4-7(11)5-10/h6-11H,2-5H2,1H3/t6?,7-,8?/m0/s1. The second-order valence-electron chi connectivity index (χ2n) is 3.22. The molecule has 72 valence electrons. The first-order valence-electron chi connectivity index (χ1n) is 4.38. The molecule has 0 amide bonds. The van der Waals surface area contributed by atoms with Crippen LogP contribution in [0.15, 0.2) is 0 Å². The Balaban J connectivity index is 2.13.